The topological polar surface area (TPSA) is 72.8 Å². The largest absolute Gasteiger partial charge is 0.492 e. The first-order chi connectivity index (χ1) is 16.2. The molecule has 3 aromatic heterocycles. The molecule has 0 spiro atoms. The molecular formula is C26H20N4O2S. The van der Waals surface area contributed by atoms with Gasteiger partial charge in [0, 0.05) is 29.4 Å². The molecule has 6 nitrogen and oxygen atoms in total. The van der Waals surface area contributed by atoms with Gasteiger partial charge in [-0.2, -0.15) is 5.26 Å². The Morgan fingerprint density at radius 3 is 2.55 bits per heavy atom. The standard InChI is InChI=1S/C26H20N4O2S/c1-18-28-13-14-29(18)15-16-32-21-9-7-20(8-10-21)30-24(31)12-11-22-25(19-5-3-2-4-6-19)23(17-27)33-26(22)30/h2-14H,15-16H2,1H3. The number of benzene rings is 2. The van der Waals surface area contributed by atoms with Gasteiger partial charge in [0.1, 0.15) is 34.0 Å². The van der Waals surface area contributed by atoms with Crippen LogP contribution in [0.2, 0.25) is 0 Å². The van der Waals surface area contributed by atoms with Crippen molar-refractivity contribution in [3.8, 4) is 28.6 Å². The van der Waals surface area contributed by atoms with Crippen molar-refractivity contribution in [2.24, 2.45) is 0 Å². The molecule has 2 aromatic carbocycles. The van der Waals surface area contributed by atoms with Crippen LogP contribution in [0.15, 0.2) is 83.9 Å². The van der Waals surface area contributed by atoms with E-state index in [1.165, 1.54) is 11.3 Å². The van der Waals surface area contributed by atoms with Crippen molar-refractivity contribution in [2.45, 2.75) is 13.5 Å². The second-order valence-corrected chi connectivity index (χ2v) is 8.52. The minimum Gasteiger partial charge on any atom is -0.492 e. The highest BCUT2D eigenvalue weighted by Gasteiger charge is 2.18. The van der Waals surface area contributed by atoms with Crippen molar-refractivity contribution in [1.29, 1.82) is 5.26 Å². The van der Waals surface area contributed by atoms with Gasteiger partial charge in [0.15, 0.2) is 0 Å². The molecule has 7 heteroatoms. The maximum absolute atomic E-state index is 12.8. The highest BCUT2D eigenvalue weighted by molar-refractivity contribution is 7.19. The summed E-state index contributed by atoms with van der Waals surface area (Å²) >= 11 is 1.33. The summed E-state index contributed by atoms with van der Waals surface area (Å²) < 4.78 is 9.55. The van der Waals surface area contributed by atoms with Gasteiger partial charge in [0.25, 0.3) is 5.56 Å². The van der Waals surface area contributed by atoms with Gasteiger partial charge < -0.3 is 9.30 Å². The normalized spacial score (nSPS) is 10.9. The van der Waals surface area contributed by atoms with Crippen LogP contribution >= 0.6 is 11.3 Å². The SMILES string of the molecule is Cc1nccn1CCOc1ccc(-n2c(=O)ccc3c(-c4ccccc4)c(C#N)sc32)cc1. The summed E-state index contributed by atoms with van der Waals surface area (Å²) in [5.74, 6) is 1.68. The number of nitriles is 1. The number of rotatable bonds is 6. The first kappa shape index (κ1) is 20.7. The molecule has 0 aliphatic carbocycles. The first-order valence-electron chi connectivity index (χ1n) is 10.5. The molecular weight excluding hydrogens is 432 g/mol. The van der Waals surface area contributed by atoms with Gasteiger partial charge in [-0.05, 0) is 42.8 Å². The van der Waals surface area contributed by atoms with Gasteiger partial charge in [0.05, 0.1) is 12.2 Å². The number of thiophene rings is 1. The third kappa shape index (κ3) is 3.93. The number of hydrogen-bond acceptors (Lipinski definition) is 5. The molecule has 5 rings (SSSR count). The number of aryl methyl sites for hydroxylation is 1. The van der Waals surface area contributed by atoms with Crippen molar-refractivity contribution < 1.29 is 4.74 Å². The summed E-state index contributed by atoms with van der Waals surface area (Å²) in [5, 5.41) is 10.7. The fraction of sp³-hybridized carbons (Fsp3) is 0.115. The molecule has 5 aromatic rings. The van der Waals surface area contributed by atoms with Crippen LogP contribution in [0.25, 0.3) is 27.0 Å². The van der Waals surface area contributed by atoms with Crippen LogP contribution in [-0.4, -0.2) is 20.7 Å². The zero-order chi connectivity index (χ0) is 22.8. The fourth-order valence-electron chi connectivity index (χ4n) is 3.89. The number of ether oxygens (including phenoxy) is 1. The molecule has 3 heterocycles. The molecule has 0 N–H and O–H groups in total. The predicted molar refractivity (Wildman–Crippen MR) is 130 cm³/mol. The highest BCUT2D eigenvalue weighted by atomic mass is 32.1. The third-order valence-electron chi connectivity index (χ3n) is 5.53. The van der Waals surface area contributed by atoms with Crippen molar-refractivity contribution in [2.75, 3.05) is 6.61 Å². The van der Waals surface area contributed by atoms with Crippen molar-refractivity contribution in [1.82, 2.24) is 14.1 Å². The van der Waals surface area contributed by atoms with E-state index >= 15 is 0 Å². The van der Waals surface area contributed by atoms with Crippen LogP contribution in [-0.2, 0) is 6.54 Å². The van der Waals surface area contributed by atoms with Crippen LogP contribution < -0.4 is 10.3 Å². The molecule has 0 saturated carbocycles. The van der Waals surface area contributed by atoms with Gasteiger partial charge in [-0.15, -0.1) is 11.3 Å². The summed E-state index contributed by atoms with van der Waals surface area (Å²) in [6.07, 6.45) is 3.70. The molecule has 0 fully saturated rings. The summed E-state index contributed by atoms with van der Waals surface area (Å²) in [4.78, 5) is 18.4. The molecule has 0 amide bonds. The quantitative estimate of drug-likeness (QED) is 0.356. The lowest BCUT2D eigenvalue weighted by molar-refractivity contribution is 0.297. The zero-order valence-corrected chi connectivity index (χ0v) is 18.7. The Balaban J connectivity index is 1.48. The Kier molecular flexibility index (Phi) is 5.51. The lowest BCUT2D eigenvalue weighted by Gasteiger charge is -2.11. The molecule has 33 heavy (non-hydrogen) atoms. The summed E-state index contributed by atoms with van der Waals surface area (Å²) in [6, 6.07) is 22.9. The van der Waals surface area contributed by atoms with Crippen LogP contribution in [0.1, 0.15) is 10.7 Å². The van der Waals surface area contributed by atoms with E-state index in [0.717, 1.165) is 38.6 Å². The number of fused-ring (bicyclic) bond motifs is 1. The number of imidazole rings is 1. The van der Waals surface area contributed by atoms with Crippen LogP contribution in [0.5, 0.6) is 5.75 Å². The van der Waals surface area contributed by atoms with Gasteiger partial charge in [-0.25, -0.2) is 4.98 Å². The Morgan fingerprint density at radius 2 is 1.85 bits per heavy atom. The first-order valence-corrected chi connectivity index (χ1v) is 11.3. The summed E-state index contributed by atoms with van der Waals surface area (Å²) in [6.45, 7) is 3.18. The molecule has 0 bridgehead atoms. The second-order valence-electron chi connectivity index (χ2n) is 7.52. The van der Waals surface area contributed by atoms with Crippen molar-refractivity contribution in [3.05, 3.63) is 100 Å². The molecule has 0 aliphatic rings. The lowest BCUT2D eigenvalue weighted by atomic mass is 10.0. The minimum atomic E-state index is -0.142. The fourth-order valence-corrected chi connectivity index (χ4v) is 5.03. The van der Waals surface area contributed by atoms with E-state index < -0.39 is 0 Å². The second kappa shape index (κ2) is 8.77. The number of nitrogens with zero attached hydrogens (tertiary/aromatic N) is 4. The Morgan fingerprint density at radius 1 is 1.06 bits per heavy atom. The number of pyridine rings is 1. The maximum atomic E-state index is 12.8. The molecule has 162 valence electrons. The van der Waals surface area contributed by atoms with Crippen LogP contribution in [0.4, 0.5) is 0 Å². The van der Waals surface area contributed by atoms with Gasteiger partial charge >= 0.3 is 0 Å². The van der Waals surface area contributed by atoms with Gasteiger partial charge in [-0.1, -0.05) is 30.3 Å². The van der Waals surface area contributed by atoms with Crippen molar-refractivity contribution >= 4 is 21.6 Å². The van der Waals surface area contributed by atoms with Gasteiger partial charge in [0.2, 0.25) is 0 Å². The van der Waals surface area contributed by atoms with E-state index in [9.17, 15) is 10.1 Å². The summed E-state index contributed by atoms with van der Waals surface area (Å²) in [5.41, 5.74) is 2.41. The van der Waals surface area contributed by atoms with Crippen LogP contribution in [0.3, 0.4) is 0 Å². The Labute approximate surface area is 194 Å². The molecule has 0 saturated heterocycles. The van der Waals surface area contributed by atoms with Crippen molar-refractivity contribution in [3.63, 3.8) is 0 Å². The van der Waals surface area contributed by atoms with Gasteiger partial charge in [-0.3, -0.25) is 9.36 Å². The number of hydrogen-bond donors (Lipinski definition) is 0. The third-order valence-corrected chi connectivity index (χ3v) is 6.62. The molecule has 0 aliphatic heterocycles. The molecule has 0 unspecified atom stereocenters. The smallest absolute Gasteiger partial charge is 0.256 e. The average molecular weight is 453 g/mol. The van der Waals surface area contributed by atoms with E-state index in [2.05, 4.69) is 11.1 Å². The molecule has 0 radical (unpaired) electrons. The lowest BCUT2D eigenvalue weighted by Crippen LogP contribution is -2.16. The monoisotopic (exact) mass is 452 g/mol. The Bertz CT molecular complexity index is 1520. The zero-order valence-electron chi connectivity index (χ0n) is 17.9. The maximum Gasteiger partial charge on any atom is 0.256 e. The molecule has 0 atom stereocenters. The van der Waals surface area contributed by atoms with E-state index in [1.54, 1.807) is 16.8 Å². The average Bonchev–Trinajstić information content (AvgIpc) is 3.43. The van der Waals surface area contributed by atoms with E-state index in [-0.39, 0.29) is 5.56 Å². The highest BCUT2D eigenvalue weighted by Crippen LogP contribution is 2.38. The number of aromatic nitrogens is 3. The summed E-state index contributed by atoms with van der Waals surface area (Å²) in [7, 11) is 0. The van der Waals surface area contributed by atoms with Crippen LogP contribution in [0, 0.1) is 18.3 Å². The minimum absolute atomic E-state index is 0.142. The Hall–Kier alpha value is -4.15. The van der Waals surface area contributed by atoms with E-state index in [1.807, 2.05) is 78.4 Å². The van der Waals surface area contributed by atoms with E-state index in [4.69, 9.17) is 4.74 Å². The van der Waals surface area contributed by atoms with E-state index in [0.29, 0.717) is 18.0 Å². The predicted octanol–water partition coefficient (Wildman–Crippen LogP) is 5.17.